The highest BCUT2D eigenvalue weighted by Crippen LogP contribution is 2.15. The summed E-state index contributed by atoms with van der Waals surface area (Å²) < 4.78 is 2.00. The van der Waals surface area contributed by atoms with Gasteiger partial charge < -0.3 is 5.32 Å². The van der Waals surface area contributed by atoms with Crippen LogP contribution in [0.2, 0.25) is 0 Å². The average Bonchev–Trinajstić information content (AvgIpc) is 2.73. The van der Waals surface area contributed by atoms with E-state index in [1.54, 1.807) is 6.20 Å². The lowest BCUT2D eigenvalue weighted by Crippen LogP contribution is -2.25. The molecule has 0 bridgehead atoms. The van der Waals surface area contributed by atoms with Gasteiger partial charge in [-0.2, -0.15) is 5.10 Å². The first-order valence-electron chi connectivity index (χ1n) is 7.67. The van der Waals surface area contributed by atoms with Crippen LogP contribution in [-0.2, 0) is 24.3 Å². The number of carbonyl (C=O) groups excluding carboxylic acids is 1. The van der Waals surface area contributed by atoms with Crippen LogP contribution in [0.5, 0.6) is 0 Å². The average molecular weight is 300 g/mol. The van der Waals surface area contributed by atoms with Gasteiger partial charge in [0.2, 0.25) is 5.91 Å². The zero-order valence-corrected chi connectivity index (χ0v) is 13.8. The predicted molar refractivity (Wildman–Crippen MR) is 86.3 cm³/mol. The number of aryl methyl sites for hydroxylation is 1. The second-order valence-electron chi connectivity index (χ2n) is 6.00. The molecule has 2 heterocycles. The number of hydrogen-bond donors (Lipinski definition) is 1. The number of carbonyl (C=O) groups is 1. The first kappa shape index (κ1) is 16.2. The van der Waals surface area contributed by atoms with E-state index < -0.39 is 0 Å². The van der Waals surface area contributed by atoms with E-state index in [-0.39, 0.29) is 5.91 Å². The van der Waals surface area contributed by atoms with Gasteiger partial charge >= 0.3 is 0 Å². The topological polar surface area (TPSA) is 59.8 Å². The molecule has 0 fully saturated rings. The van der Waals surface area contributed by atoms with Crippen molar-refractivity contribution in [3.63, 3.8) is 0 Å². The highest BCUT2D eigenvalue weighted by atomic mass is 16.1. The van der Waals surface area contributed by atoms with Gasteiger partial charge in [-0.15, -0.1) is 0 Å². The lowest BCUT2D eigenvalue weighted by Gasteiger charge is -2.08. The summed E-state index contributed by atoms with van der Waals surface area (Å²) in [5.41, 5.74) is 3.91. The van der Waals surface area contributed by atoms with Crippen LogP contribution in [0.25, 0.3) is 0 Å². The van der Waals surface area contributed by atoms with Gasteiger partial charge in [-0.3, -0.25) is 14.5 Å². The summed E-state index contributed by atoms with van der Waals surface area (Å²) in [6.45, 7) is 9.65. The van der Waals surface area contributed by atoms with Crippen molar-refractivity contribution in [1.29, 1.82) is 0 Å². The first-order chi connectivity index (χ1) is 10.5. The van der Waals surface area contributed by atoms with Gasteiger partial charge in [0.25, 0.3) is 0 Å². The summed E-state index contributed by atoms with van der Waals surface area (Å²) in [4.78, 5) is 16.3. The van der Waals surface area contributed by atoms with Crippen molar-refractivity contribution >= 4 is 5.91 Å². The molecule has 0 aromatic carbocycles. The molecule has 1 N–H and O–H groups in total. The number of nitrogens with one attached hydrogen (secondary N) is 1. The maximum Gasteiger partial charge on any atom is 0.224 e. The summed E-state index contributed by atoms with van der Waals surface area (Å²) in [6, 6.07) is 5.68. The number of pyridine rings is 1. The van der Waals surface area contributed by atoms with Gasteiger partial charge in [0.15, 0.2) is 0 Å². The third-order valence-electron chi connectivity index (χ3n) is 3.60. The SMILES string of the molecule is Cc1nn(CC(C)C)c(C)c1CC(=O)NCc1ccccn1. The number of nitrogens with zero attached hydrogens (tertiary/aromatic N) is 3. The van der Waals surface area contributed by atoms with E-state index in [0.29, 0.717) is 18.9 Å². The molecule has 0 saturated carbocycles. The molecule has 0 atom stereocenters. The first-order valence-corrected chi connectivity index (χ1v) is 7.67. The van der Waals surface area contributed by atoms with Crippen LogP contribution in [0.4, 0.5) is 0 Å². The molecule has 2 aromatic rings. The summed E-state index contributed by atoms with van der Waals surface area (Å²) in [5.74, 6) is 0.532. The zero-order chi connectivity index (χ0) is 16.1. The van der Waals surface area contributed by atoms with Gasteiger partial charge in [0.1, 0.15) is 0 Å². The number of amides is 1. The molecular formula is C17H24N4O. The van der Waals surface area contributed by atoms with E-state index in [1.807, 2.05) is 36.7 Å². The molecule has 0 saturated heterocycles. The molecule has 0 unspecified atom stereocenters. The Labute approximate surface area is 131 Å². The van der Waals surface area contributed by atoms with Crippen molar-refractivity contribution < 1.29 is 4.79 Å². The van der Waals surface area contributed by atoms with Crippen LogP contribution in [0, 0.1) is 19.8 Å². The maximum absolute atomic E-state index is 12.1. The molecule has 0 aliphatic heterocycles. The van der Waals surface area contributed by atoms with Crippen LogP contribution in [0.1, 0.15) is 36.5 Å². The third-order valence-corrected chi connectivity index (χ3v) is 3.60. The number of rotatable bonds is 6. The molecule has 1 amide bonds. The number of aromatic nitrogens is 3. The van der Waals surface area contributed by atoms with Gasteiger partial charge in [-0.05, 0) is 31.9 Å². The highest BCUT2D eigenvalue weighted by Gasteiger charge is 2.15. The molecule has 0 radical (unpaired) electrons. The van der Waals surface area contributed by atoms with E-state index in [1.165, 1.54) is 0 Å². The molecule has 5 nitrogen and oxygen atoms in total. The van der Waals surface area contributed by atoms with Crippen LogP contribution < -0.4 is 5.32 Å². The Bertz CT molecular complexity index is 632. The lowest BCUT2D eigenvalue weighted by atomic mass is 10.1. The predicted octanol–water partition coefficient (Wildman–Crippen LogP) is 2.41. The molecule has 2 rings (SSSR count). The van der Waals surface area contributed by atoms with Gasteiger partial charge in [-0.1, -0.05) is 19.9 Å². The molecule has 5 heteroatoms. The normalized spacial score (nSPS) is 11.0. The van der Waals surface area contributed by atoms with E-state index in [2.05, 4.69) is 29.2 Å². The second-order valence-corrected chi connectivity index (χ2v) is 6.00. The largest absolute Gasteiger partial charge is 0.350 e. The van der Waals surface area contributed by atoms with Gasteiger partial charge in [0.05, 0.1) is 24.4 Å². The molecular weight excluding hydrogens is 276 g/mol. The molecule has 0 aliphatic rings. The third kappa shape index (κ3) is 4.16. The Morgan fingerprint density at radius 1 is 1.32 bits per heavy atom. The van der Waals surface area contributed by atoms with Gasteiger partial charge in [0, 0.05) is 24.0 Å². The van der Waals surface area contributed by atoms with Crippen molar-refractivity contribution in [3.05, 3.63) is 47.0 Å². The lowest BCUT2D eigenvalue weighted by molar-refractivity contribution is -0.120. The van der Waals surface area contributed by atoms with Crippen LogP contribution >= 0.6 is 0 Å². The monoisotopic (exact) mass is 300 g/mol. The summed E-state index contributed by atoms with van der Waals surface area (Å²) in [5, 5.41) is 7.46. The Kier molecular flexibility index (Phi) is 5.31. The quantitative estimate of drug-likeness (QED) is 0.891. The van der Waals surface area contributed by atoms with E-state index in [4.69, 9.17) is 0 Å². The summed E-state index contributed by atoms with van der Waals surface area (Å²) in [6.07, 6.45) is 2.09. The van der Waals surface area contributed by atoms with Crippen molar-refractivity contribution in [1.82, 2.24) is 20.1 Å². The fourth-order valence-electron chi connectivity index (χ4n) is 2.43. The second kappa shape index (κ2) is 7.20. The van der Waals surface area contributed by atoms with E-state index in [0.717, 1.165) is 29.2 Å². The van der Waals surface area contributed by atoms with Crippen molar-refractivity contribution in [2.75, 3.05) is 0 Å². The molecule has 22 heavy (non-hydrogen) atoms. The van der Waals surface area contributed by atoms with Crippen molar-refractivity contribution in [3.8, 4) is 0 Å². The Balaban J connectivity index is 1.98. The van der Waals surface area contributed by atoms with Crippen molar-refractivity contribution in [2.24, 2.45) is 5.92 Å². The number of hydrogen-bond acceptors (Lipinski definition) is 3. The van der Waals surface area contributed by atoms with E-state index >= 15 is 0 Å². The van der Waals surface area contributed by atoms with E-state index in [9.17, 15) is 4.79 Å². The van der Waals surface area contributed by atoms with Crippen LogP contribution in [0.3, 0.4) is 0 Å². The maximum atomic E-state index is 12.1. The molecule has 0 aliphatic carbocycles. The zero-order valence-electron chi connectivity index (χ0n) is 13.8. The minimum absolute atomic E-state index is 0.000880. The van der Waals surface area contributed by atoms with Crippen LogP contribution in [0.15, 0.2) is 24.4 Å². The minimum Gasteiger partial charge on any atom is -0.350 e. The Hall–Kier alpha value is -2.17. The van der Waals surface area contributed by atoms with Gasteiger partial charge in [-0.25, -0.2) is 0 Å². The minimum atomic E-state index is 0.000880. The highest BCUT2D eigenvalue weighted by molar-refractivity contribution is 5.79. The van der Waals surface area contributed by atoms with Crippen LogP contribution in [-0.4, -0.2) is 20.7 Å². The standard InChI is InChI=1S/C17H24N4O/c1-12(2)11-21-14(4)16(13(3)20-21)9-17(22)19-10-15-7-5-6-8-18-15/h5-8,12H,9-11H2,1-4H3,(H,19,22). The fraction of sp³-hybridized carbons (Fsp3) is 0.471. The van der Waals surface area contributed by atoms with Crippen molar-refractivity contribution in [2.45, 2.75) is 47.2 Å². The molecule has 0 spiro atoms. The molecule has 118 valence electrons. The summed E-state index contributed by atoms with van der Waals surface area (Å²) >= 11 is 0. The Morgan fingerprint density at radius 3 is 2.73 bits per heavy atom. The summed E-state index contributed by atoms with van der Waals surface area (Å²) in [7, 11) is 0. The smallest absolute Gasteiger partial charge is 0.224 e. The Morgan fingerprint density at radius 2 is 2.09 bits per heavy atom. The fourth-order valence-corrected chi connectivity index (χ4v) is 2.43. The molecule has 2 aromatic heterocycles.